The Morgan fingerprint density at radius 1 is 1.43 bits per heavy atom. The molecule has 0 aliphatic carbocycles. The average Bonchev–Trinajstić information content (AvgIpc) is 2.50. The number of carbonyl (C=O) groups is 2. The maximum absolute atomic E-state index is 12.6. The number of nitrogens with zero attached hydrogens (tertiary/aromatic N) is 1. The number of aromatic carboxylic acids is 1. The summed E-state index contributed by atoms with van der Waals surface area (Å²) in [6.07, 6.45) is 3.37. The third kappa shape index (κ3) is 3.24. The lowest BCUT2D eigenvalue weighted by Gasteiger charge is -2.32. The highest BCUT2D eigenvalue weighted by molar-refractivity contribution is 5.97. The van der Waals surface area contributed by atoms with Gasteiger partial charge in [0.05, 0.1) is 11.5 Å². The van der Waals surface area contributed by atoms with E-state index < -0.39 is 5.97 Å². The van der Waals surface area contributed by atoms with Gasteiger partial charge in [-0.3, -0.25) is 4.79 Å². The molecule has 0 saturated carbocycles. The van der Waals surface area contributed by atoms with Gasteiger partial charge < -0.3 is 15.7 Å². The molecule has 1 aliphatic heterocycles. The number of benzene rings is 1. The number of nitrogens with two attached hydrogens (primary N) is 1. The molecule has 1 unspecified atom stereocenters. The van der Waals surface area contributed by atoms with Gasteiger partial charge in [0, 0.05) is 18.8 Å². The first-order chi connectivity index (χ1) is 10.1. The smallest absolute Gasteiger partial charge is 0.335 e. The Bertz CT molecular complexity index is 542. The number of hydrogen-bond acceptors (Lipinski definition) is 3. The molecular weight excluding hydrogens is 268 g/mol. The van der Waals surface area contributed by atoms with Crippen molar-refractivity contribution in [3.8, 4) is 0 Å². The summed E-state index contributed by atoms with van der Waals surface area (Å²) >= 11 is 0. The summed E-state index contributed by atoms with van der Waals surface area (Å²) in [5, 5.41) is 9.06. The number of fused-ring (bicyclic) bond motifs is 1. The van der Waals surface area contributed by atoms with Crippen molar-refractivity contribution in [1.82, 2.24) is 0 Å². The van der Waals surface area contributed by atoms with Crippen LogP contribution < -0.4 is 10.6 Å². The van der Waals surface area contributed by atoms with Gasteiger partial charge in [0.2, 0.25) is 5.91 Å². The van der Waals surface area contributed by atoms with E-state index in [4.69, 9.17) is 10.8 Å². The third-order valence-electron chi connectivity index (χ3n) is 3.98. The first-order valence-electron chi connectivity index (χ1n) is 7.46. The maximum Gasteiger partial charge on any atom is 0.335 e. The lowest BCUT2D eigenvalue weighted by Crippen LogP contribution is -2.42. The molecule has 0 aromatic heterocycles. The Balaban J connectivity index is 2.29. The number of carbonyl (C=O) groups excluding carboxylic acids is 1. The topological polar surface area (TPSA) is 83.6 Å². The number of rotatable bonds is 5. The zero-order chi connectivity index (χ0) is 15.4. The van der Waals surface area contributed by atoms with Crippen molar-refractivity contribution >= 4 is 17.6 Å². The number of anilines is 1. The Hall–Kier alpha value is -1.88. The minimum atomic E-state index is -0.938. The first-order valence-corrected chi connectivity index (χ1v) is 7.46. The molecule has 2 rings (SSSR count). The average molecular weight is 290 g/mol. The van der Waals surface area contributed by atoms with Crippen LogP contribution in [0.15, 0.2) is 18.2 Å². The second-order valence-electron chi connectivity index (χ2n) is 5.46. The van der Waals surface area contributed by atoms with E-state index in [0.717, 1.165) is 36.9 Å². The highest BCUT2D eigenvalue weighted by Gasteiger charge is 2.27. The van der Waals surface area contributed by atoms with Crippen LogP contribution in [0.3, 0.4) is 0 Å². The standard InChI is InChI=1S/C16H22N2O3/c1-2-4-13(10-17)15(19)18-8-3-5-11-9-12(16(20)21)6-7-14(11)18/h6-7,9,13H,2-5,8,10,17H2,1H3,(H,20,21). The van der Waals surface area contributed by atoms with Crippen molar-refractivity contribution in [2.24, 2.45) is 11.7 Å². The van der Waals surface area contributed by atoms with Crippen LogP contribution in [-0.4, -0.2) is 30.1 Å². The molecule has 21 heavy (non-hydrogen) atoms. The molecule has 0 fully saturated rings. The largest absolute Gasteiger partial charge is 0.478 e. The maximum atomic E-state index is 12.6. The van der Waals surface area contributed by atoms with Crippen LogP contribution in [0.25, 0.3) is 0 Å². The molecule has 3 N–H and O–H groups in total. The van der Waals surface area contributed by atoms with Crippen molar-refractivity contribution in [1.29, 1.82) is 0 Å². The van der Waals surface area contributed by atoms with E-state index >= 15 is 0 Å². The van der Waals surface area contributed by atoms with Crippen LogP contribution in [-0.2, 0) is 11.2 Å². The lowest BCUT2D eigenvalue weighted by atomic mass is 9.96. The summed E-state index contributed by atoms with van der Waals surface area (Å²) in [5.41, 5.74) is 7.77. The zero-order valence-corrected chi connectivity index (χ0v) is 12.3. The van der Waals surface area contributed by atoms with Crippen LogP contribution in [0.4, 0.5) is 5.69 Å². The number of amides is 1. The number of carboxylic acids is 1. The second kappa shape index (κ2) is 6.72. The highest BCUT2D eigenvalue weighted by Crippen LogP contribution is 2.29. The Labute approximate surface area is 124 Å². The van der Waals surface area contributed by atoms with Gasteiger partial charge in [-0.25, -0.2) is 4.79 Å². The van der Waals surface area contributed by atoms with Crippen LogP contribution in [0, 0.1) is 5.92 Å². The fourth-order valence-corrected chi connectivity index (χ4v) is 2.87. The van der Waals surface area contributed by atoms with Gasteiger partial charge in [0.25, 0.3) is 0 Å². The summed E-state index contributed by atoms with van der Waals surface area (Å²) in [5.74, 6) is -1.03. The summed E-state index contributed by atoms with van der Waals surface area (Å²) in [4.78, 5) is 25.5. The van der Waals surface area contributed by atoms with Crippen molar-refractivity contribution in [3.63, 3.8) is 0 Å². The van der Waals surface area contributed by atoms with E-state index in [1.54, 1.807) is 23.1 Å². The molecule has 0 bridgehead atoms. The third-order valence-corrected chi connectivity index (χ3v) is 3.98. The van der Waals surface area contributed by atoms with E-state index in [1.165, 1.54) is 0 Å². The number of carboxylic acid groups (broad SMARTS) is 1. The molecule has 5 nitrogen and oxygen atoms in total. The Morgan fingerprint density at radius 2 is 2.19 bits per heavy atom. The molecular formula is C16H22N2O3. The minimum Gasteiger partial charge on any atom is -0.478 e. The van der Waals surface area contributed by atoms with E-state index in [0.29, 0.717) is 13.1 Å². The summed E-state index contributed by atoms with van der Waals surface area (Å²) in [7, 11) is 0. The van der Waals surface area contributed by atoms with Gasteiger partial charge >= 0.3 is 5.97 Å². The molecule has 5 heteroatoms. The normalized spacial score (nSPS) is 15.4. The fraction of sp³-hybridized carbons (Fsp3) is 0.500. The molecule has 1 amide bonds. The molecule has 1 aromatic rings. The Morgan fingerprint density at radius 3 is 2.81 bits per heavy atom. The zero-order valence-electron chi connectivity index (χ0n) is 12.3. The van der Waals surface area contributed by atoms with Gasteiger partial charge in [-0.15, -0.1) is 0 Å². The predicted octanol–water partition coefficient (Wildman–Crippen LogP) is 2.04. The van der Waals surface area contributed by atoms with Gasteiger partial charge in [-0.1, -0.05) is 13.3 Å². The SMILES string of the molecule is CCCC(CN)C(=O)N1CCCc2cc(C(=O)O)ccc21. The van der Waals surface area contributed by atoms with Gasteiger partial charge in [-0.05, 0) is 43.0 Å². The fourth-order valence-electron chi connectivity index (χ4n) is 2.87. The molecule has 0 saturated heterocycles. The summed E-state index contributed by atoms with van der Waals surface area (Å²) < 4.78 is 0. The van der Waals surface area contributed by atoms with Gasteiger partial charge in [0.1, 0.15) is 0 Å². The van der Waals surface area contributed by atoms with Crippen LogP contribution in [0.5, 0.6) is 0 Å². The molecule has 1 atom stereocenters. The second-order valence-corrected chi connectivity index (χ2v) is 5.46. The van der Waals surface area contributed by atoms with E-state index in [9.17, 15) is 9.59 Å². The monoisotopic (exact) mass is 290 g/mol. The number of aryl methyl sites for hydroxylation is 1. The Kier molecular flexibility index (Phi) is 4.96. The predicted molar refractivity (Wildman–Crippen MR) is 81.5 cm³/mol. The van der Waals surface area contributed by atoms with Crippen molar-refractivity contribution in [2.75, 3.05) is 18.0 Å². The van der Waals surface area contributed by atoms with Crippen LogP contribution >= 0.6 is 0 Å². The minimum absolute atomic E-state index is 0.0587. The molecule has 1 heterocycles. The lowest BCUT2D eigenvalue weighted by molar-refractivity contribution is -0.122. The van der Waals surface area contributed by atoms with Crippen molar-refractivity contribution in [2.45, 2.75) is 32.6 Å². The van der Waals surface area contributed by atoms with Gasteiger partial charge in [0.15, 0.2) is 0 Å². The molecule has 0 radical (unpaired) electrons. The molecule has 0 spiro atoms. The van der Waals surface area contributed by atoms with Crippen LogP contribution in [0.1, 0.15) is 42.1 Å². The first kappa shape index (κ1) is 15.5. The van der Waals surface area contributed by atoms with Crippen molar-refractivity contribution in [3.05, 3.63) is 29.3 Å². The number of hydrogen-bond donors (Lipinski definition) is 2. The van der Waals surface area contributed by atoms with E-state index in [1.807, 2.05) is 6.92 Å². The molecule has 114 valence electrons. The van der Waals surface area contributed by atoms with Crippen molar-refractivity contribution < 1.29 is 14.7 Å². The summed E-state index contributed by atoms with van der Waals surface area (Å²) in [6, 6.07) is 4.98. The quantitative estimate of drug-likeness (QED) is 0.869. The van der Waals surface area contributed by atoms with Crippen LogP contribution in [0.2, 0.25) is 0 Å². The molecule has 1 aromatic carbocycles. The summed E-state index contributed by atoms with van der Waals surface area (Å²) in [6.45, 7) is 3.07. The molecule has 1 aliphatic rings. The van der Waals surface area contributed by atoms with E-state index in [-0.39, 0.29) is 17.4 Å². The van der Waals surface area contributed by atoms with E-state index in [2.05, 4.69) is 0 Å². The van der Waals surface area contributed by atoms with Gasteiger partial charge in [-0.2, -0.15) is 0 Å². The highest BCUT2D eigenvalue weighted by atomic mass is 16.4.